The van der Waals surface area contributed by atoms with Gasteiger partial charge in [-0.15, -0.1) is 0 Å². The summed E-state index contributed by atoms with van der Waals surface area (Å²) in [4.78, 5) is 31.2. The van der Waals surface area contributed by atoms with Gasteiger partial charge >= 0.3 is 0 Å². The number of hydrogen-bond acceptors (Lipinski definition) is 3. The van der Waals surface area contributed by atoms with E-state index in [0.29, 0.717) is 23.5 Å². The van der Waals surface area contributed by atoms with Gasteiger partial charge in [0.05, 0.1) is 11.3 Å². The van der Waals surface area contributed by atoms with Gasteiger partial charge < -0.3 is 4.90 Å². The second-order valence-corrected chi connectivity index (χ2v) is 8.64. The minimum atomic E-state index is -0.259. The molecule has 32 heavy (non-hydrogen) atoms. The maximum atomic E-state index is 13.9. The third kappa shape index (κ3) is 3.14. The van der Waals surface area contributed by atoms with E-state index >= 15 is 0 Å². The van der Waals surface area contributed by atoms with Crippen LogP contribution in [0.2, 0.25) is 0 Å². The first-order chi connectivity index (χ1) is 15.5. The lowest BCUT2D eigenvalue weighted by Crippen LogP contribution is -2.37. The average Bonchev–Trinajstić information content (AvgIpc) is 3.05. The van der Waals surface area contributed by atoms with Crippen LogP contribution in [0.25, 0.3) is 5.57 Å². The molecular weight excluding hydrogens is 396 g/mol. The molecule has 0 saturated carbocycles. The Morgan fingerprint density at radius 3 is 2.19 bits per heavy atom. The largest absolute Gasteiger partial charge is 0.336 e. The highest BCUT2D eigenvalue weighted by Gasteiger charge is 2.44. The summed E-state index contributed by atoms with van der Waals surface area (Å²) in [6, 6.07) is 21.7. The van der Waals surface area contributed by atoms with Crippen LogP contribution < -0.4 is 9.80 Å². The normalized spacial score (nSPS) is 16.1. The second kappa shape index (κ2) is 7.79. The molecule has 0 unspecified atom stereocenters. The molecule has 2 amide bonds. The fourth-order valence-corrected chi connectivity index (χ4v) is 4.72. The lowest BCUT2D eigenvalue weighted by atomic mass is 9.97. The van der Waals surface area contributed by atoms with Crippen LogP contribution in [0.15, 0.2) is 72.4 Å². The maximum absolute atomic E-state index is 13.9. The minimum Gasteiger partial charge on any atom is -0.336 e. The molecule has 0 spiro atoms. The first kappa shape index (κ1) is 20.3. The summed E-state index contributed by atoms with van der Waals surface area (Å²) in [6.07, 6.45) is 1.91. The highest BCUT2D eigenvalue weighted by molar-refractivity contribution is 6.46. The molecule has 0 aromatic heterocycles. The molecule has 0 fully saturated rings. The van der Waals surface area contributed by atoms with Crippen molar-refractivity contribution in [3.63, 3.8) is 0 Å². The van der Waals surface area contributed by atoms with Crippen LogP contribution in [0, 0.1) is 20.8 Å². The number of para-hydroxylation sites is 2. The molecule has 0 saturated heterocycles. The Bertz CT molecular complexity index is 1290. The molecule has 0 bridgehead atoms. The van der Waals surface area contributed by atoms with Crippen molar-refractivity contribution < 1.29 is 9.59 Å². The summed E-state index contributed by atoms with van der Waals surface area (Å²) in [5, 5.41) is 0. The molecule has 4 nitrogen and oxygen atoms in total. The Morgan fingerprint density at radius 2 is 1.44 bits per heavy atom. The van der Waals surface area contributed by atoms with Crippen LogP contribution >= 0.6 is 0 Å². The van der Waals surface area contributed by atoms with Crippen LogP contribution in [0.1, 0.15) is 34.2 Å². The lowest BCUT2D eigenvalue weighted by Gasteiger charge is -2.32. The van der Waals surface area contributed by atoms with Crippen molar-refractivity contribution in [3.8, 4) is 0 Å². The number of imide groups is 1. The van der Waals surface area contributed by atoms with Gasteiger partial charge in [0, 0.05) is 12.2 Å². The predicted octanol–water partition coefficient (Wildman–Crippen LogP) is 5.35. The average molecular weight is 423 g/mol. The van der Waals surface area contributed by atoms with E-state index in [9.17, 15) is 9.59 Å². The molecule has 0 N–H and O–H groups in total. The maximum Gasteiger partial charge on any atom is 0.282 e. The standard InChI is InChI=1S/C28H26N2O2/c1-18-14-15-22(17-20(18)3)25-26(29-16-8-11-21-10-5-7-13-24(21)29)28(32)30(27(25)31)23-12-6-4-9-19(23)2/h4-7,9-10,12-15,17H,8,11,16H2,1-3H3. The van der Waals surface area contributed by atoms with Crippen LogP contribution in [0.3, 0.4) is 0 Å². The highest BCUT2D eigenvalue weighted by Crippen LogP contribution is 2.40. The van der Waals surface area contributed by atoms with Gasteiger partial charge in [-0.25, -0.2) is 4.90 Å². The van der Waals surface area contributed by atoms with Gasteiger partial charge in [-0.05, 0) is 73.6 Å². The van der Waals surface area contributed by atoms with Crippen LogP contribution in [-0.4, -0.2) is 18.4 Å². The van der Waals surface area contributed by atoms with E-state index in [1.807, 2.05) is 74.5 Å². The molecule has 2 aliphatic heterocycles. The number of carbonyl (C=O) groups is 2. The summed E-state index contributed by atoms with van der Waals surface area (Å²) >= 11 is 0. The van der Waals surface area contributed by atoms with E-state index in [1.54, 1.807) is 0 Å². The number of fused-ring (bicyclic) bond motifs is 1. The number of carbonyl (C=O) groups excluding carboxylic acids is 2. The molecule has 160 valence electrons. The Kier molecular flexibility index (Phi) is 4.93. The smallest absolute Gasteiger partial charge is 0.282 e. The van der Waals surface area contributed by atoms with Gasteiger partial charge in [-0.1, -0.05) is 54.6 Å². The van der Waals surface area contributed by atoms with Crippen molar-refractivity contribution in [2.75, 3.05) is 16.3 Å². The van der Waals surface area contributed by atoms with E-state index in [-0.39, 0.29) is 11.8 Å². The number of anilines is 2. The van der Waals surface area contributed by atoms with Gasteiger partial charge in [-0.3, -0.25) is 9.59 Å². The fraction of sp³-hybridized carbons (Fsp3) is 0.214. The summed E-state index contributed by atoms with van der Waals surface area (Å²) in [7, 11) is 0. The molecule has 5 rings (SSSR count). The molecule has 2 heterocycles. The number of hydrogen-bond donors (Lipinski definition) is 0. The SMILES string of the molecule is Cc1ccc(C2=C(N3CCCc4ccccc43)C(=O)N(c3ccccc3C)C2=O)cc1C. The van der Waals surface area contributed by atoms with Gasteiger partial charge in [0.15, 0.2) is 0 Å². The summed E-state index contributed by atoms with van der Waals surface area (Å²) in [5.41, 5.74) is 7.78. The topological polar surface area (TPSA) is 40.6 Å². The molecular formula is C28H26N2O2. The number of aryl methyl sites for hydroxylation is 4. The lowest BCUT2D eigenvalue weighted by molar-refractivity contribution is -0.120. The Morgan fingerprint density at radius 1 is 0.719 bits per heavy atom. The van der Waals surface area contributed by atoms with E-state index in [4.69, 9.17) is 0 Å². The molecule has 0 atom stereocenters. The van der Waals surface area contributed by atoms with Crippen LogP contribution in [0.4, 0.5) is 11.4 Å². The Balaban J connectivity index is 1.73. The monoisotopic (exact) mass is 422 g/mol. The van der Waals surface area contributed by atoms with Gasteiger partial charge in [0.2, 0.25) is 0 Å². The predicted molar refractivity (Wildman–Crippen MR) is 129 cm³/mol. The van der Waals surface area contributed by atoms with Crippen molar-refractivity contribution in [1.29, 1.82) is 0 Å². The molecule has 0 aliphatic carbocycles. The highest BCUT2D eigenvalue weighted by atomic mass is 16.2. The van der Waals surface area contributed by atoms with Crippen LogP contribution in [-0.2, 0) is 16.0 Å². The summed E-state index contributed by atoms with van der Waals surface area (Å²) in [5.74, 6) is -0.514. The quantitative estimate of drug-likeness (QED) is 0.534. The molecule has 3 aromatic carbocycles. The first-order valence-electron chi connectivity index (χ1n) is 11.1. The third-order valence-corrected chi connectivity index (χ3v) is 6.59. The van der Waals surface area contributed by atoms with Gasteiger partial charge in [-0.2, -0.15) is 0 Å². The molecule has 4 heteroatoms. The minimum absolute atomic E-state index is 0.255. The van der Waals surface area contributed by atoms with Crippen molar-refractivity contribution in [1.82, 2.24) is 0 Å². The van der Waals surface area contributed by atoms with Gasteiger partial charge in [0.1, 0.15) is 5.70 Å². The Hall–Kier alpha value is -3.66. The summed E-state index contributed by atoms with van der Waals surface area (Å²) in [6.45, 7) is 6.73. The number of rotatable bonds is 3. The zero-order chi connectivity index (χ0) is 22.4. The van der Waals surface area contributed by atoms with Crippen molar-refractivity contribution >= 4 is 28.8 Å². The zero-order valence-electron chi connectivity index (χ0n) is 18.7. The summed E-state index contributed by atoms with van der Waals surface area (Å²) < 4.78 is 0. The van der Waals surface area contributed by atoms with E-state index in [1.165, 1.54) is 10.5 Å². The van der Waals surface area contributed by atoms with Crippen molar-refractivity contribution in [3.05, 3.63) is 100 Å². The van der Waals surface area contributed by atoms with E-state index in [2.05, 4.69) is 17.9 Å². The zero-order valence-corrected chi connectivity index (χ0v) is 18.7. The fourth-order valence-electron chi connectivity index (χ4n) is 4.72. The molecule has 0 radical (unpaired) electrons. The third-order valence-electron chi connectivity index (χ3n) is 6.59. The number of benzene rings is 3. The Labute approximate surface area is 188 Å². The van der Waals surface area contributed by atoms with E-state index < -0.39 is 0 Å². The molecule has 3 aromatic rings. The first-order valence-corrected chi connectivity index (χ1v) is 11.1. The van der Waals surface area contributed by atoms with E-state index in [0.717, 1.165) is 40.8 Å². The van der Waals surface area contributed by atoms with Crippen molar-refractivity contribution in [2.45, 2.75) is 33.6 Å². The van der Waals surface area contributed by atoms with Crippen LogP contribution in [0.5, 0.6) is 0 Å². The number of nitrogens with zero attached hydrogens (tertiary/aromatic N) is 2. The molecule has 2 aliphatic rings. The van der Waals surface area contributed by atoms with Gasteiger partial charge in [0.25, 0.3) is 11.8 Å². The number of amides is 2. The second-order valence-electron chi connectivity index (χ2n) is 8.64. The van der Waals surface area contributed by atoms with Crippen molar-refractivity contribution in [2.24, 2.45) is 0 Å².